The summed E-state index contributed by atoms with van der Waals surface area (Å²) in [5.41, 5.74) is 2.84. The fourth-order valence-corrected chi connectivity index (χ4v) is 2.63. The average molecular weight is 324 g/mol. The van der Waals surface area contributed by atoms with E-state index >= 15 is 0 Å². The second-order valence-electron chi connectivity index (χ2n) is 4.96. The third kappa shape index (κ3) is 4.14. The molecule has 3 aromatic rings. The number of nitrogens with one attached hydrogen (secondary N) is 1. The molecule has 1 amide bonds. The number of rotatable bonds is 5. The molecular weight excluding hydrogens is 308 g/mol. The molecule has 3 rings (SSSR count). The number of thiazole rings is 1. The summed E-state index contributed by atoms with van der Waals surface area (Å²) in [6.45, 7) is 2.42. The van der Waals surface area contributed by atoms with Gasteiger partial charge in [0.15, 0.2) is 0 Å². The van der Waals surface area contributed by atoms with E-state index < -0.39 is 0 Å². The van der Waals surface area contributed by atoms with Crippen molar-refractivity contribution in [1.82, 2.24) is 20.1 Å². The van der Waals surface area contributed by atoms with E-state index in [0.717, 1.165) is 22.0 Å². The smallest absolute Gasteiger partial charge is 0.244 e. The molecule has 2 aromatic heterocycles. The standard InChI is InChI=1S/C17H16N4OS/c1-13-20-15(12-23-13)5-8-17(22)18-11-14-3-6-16(7-4-14)21-10-2-9-19-21/h2-10,12H,11H2,1H3,(H,18,22)/b8-5+. The van der Waals surface area contributed by atoms with Gasteiger partial charge in [-0.1, -0.05) is 12.1 Å². The second-order valence-corrected chi connectivity index (χ2v) is 6.02. The Morgan fingerprint density at radius 2 is 2.17 bits per heavy atom. The van der Waals surface area contributed by atoms with Crippen LogP contribution < -0.4 is 5.32 Å². The largest absolute Gasteiger partial charge is 0.348 e. The molecule has 0 saturated heterocycles. The van der Waals surface area contributed by atoms with E-state index in [9.17, 15) is 4.79 Å². The lowest BCUT2D eigenvalue weighted by atomic mass is 10.2. The zero-order valence-electron chi connectivity index (χ0n) is 12.6. The van der Waals surface area contributed by atoms with E-state index in [1.54, 1.807) is 28.3 Å². The summed E-state index contributed by atoms with van der Waals surface area (Å²) in [7, 11) is 0. The highest BCUT2D eigenvalue weighted by Gasteiger charge is 2.00. The molecule has 0 aliphatic heterocycles. The quantitative estimate of drug-likeness (QED) is 0.734. The van der Waals surface area contributed by atoms with E-state index in [2.05, 4.69) is 15.4 Å². The van der Waals surface area contributed by atoms with Gasteiger partial charge in [0.25, 0.3) is 0 Å². The van der Waals surface area contributed by atoms with Crippen LogP contribution >= 0.6 is 11.3 Å². The zero-order valence-corrected chi connectivity index (χ0v) is 13.5. The third-order valence-electron chi connectivity index (χ3n) is 3.21. The van der Waals surface area contributed by atoms with Gasteiger partial charge in [0.05, 0.1) is 16.4 Å². The van der Waals surface area contributed by atoms with Gasteiger partial charge in [-0.3, -0.25) is 4.79 Å². The van der Waals surface area contributed by atoms with E-state index in [0.29, 0.717) is 6.54 Å². The first kappa shape index (κ1) is 15.2. The molecule has 6 heteroatoms. The van der Waals surface area contributed by atoms with Crippen molar-refractivity contribution in [3.63, 3.8) is 0 Å². The van der Waals surface area contributed by atoms with Crippen LogP contribution in [0.1, 0.15) is 16.3 Å². The number of nitrogens with zero attached hydrogens (tertiary/aromatic N) is 3. The fraction of sp³-hybridized carbons (Fsp3) is 0.118. The molecule has 0 unspecified atom stereocenters. The third-order valence-corrected chi connectivity index (χ3v) is 4.01. The Labute approximate surface area is 138 Å². The zero-order chi connectivity index (χ0) is 16.1. The molecule has 0 radical (unpaired) electrons. The first-order chi connectivity index (χ1) is 11.2. The van der Waals surface area contributed by atoms with Crippen molar-refractivity contribution < 1.29 is 4.79 Å². The Morgan fingerprint density at radius 3 is 2.83 bits per heavy atom. The summed E-state index contributed by atoms with van der Waals surface area (Å²) in [4.78, 5) is 16.1. The summed E-state index contributed by atoms with van der Waals surface area (Å²) < 4.78 is 1.79. The number of carbonyl (C=O) groups excluding carboxylic acids is 1. The minimum atomic E-state index is -0.133. The molecule has 23 heavy (non-hydrogen) atoms. The molecule has 0 aliphatic rings. The molecule has 0 bridgehead atoms. The van der Waals surface area contributed by atoms with Crippen LogP contribution in [0.15, 0.2) is 54.2 Å². The highest BCUT2D eigenvalue weighted by atomic mass is 32.1. The van der Waals surface area contributed by atoms with Crippen LogP contribution in [-0.4, -0.2) is 20.7 Å². The molecule has 0 atom stereocenters. The molecule has 1 N–H and O–H groups in total. The summed E-state index contributed by atoms with van der Waals surface area (Å²) in [6, 6.07) is 9.78. The van der Waals surface area contributed by atoms with Gasteiger partial charge in [0.2, 0.25) is 5.91 Å². The summed E-state index contributed by atoms with van der Waals surface area (Å²) in [5, 5.41) is 9.95. The van der Waals surface area contributed by atoms with Crippen molar-refractivity contribution in [3.05, 3.63) is 70.4 Å². The van der Waals surface area contributed by atoms with Crippen LogP contribution in [0.5, 0.6) is 0 Å². The Hall–Kier alpha value is -2.73. The lowest BCUT2D eigenvalue weighted by Crippen LogP contribution is -2.20. The summed E-state index contributed by atoms with van der Waals surface area (Å²) in [6.07, 6.45) is 6.86. The molecule has 116 valence electrons. The van der Waals surface area contributed by atoms with Gasteiger partial charge in [-0.2, -0.15) is 5.10 Å². The molecule has 0 fully saturated rings. The minimum Gasteiger partial charge on any atom is -0.348 e. The molecule has 0 spiro atoms. The van der Waals surface area contributed by atoms with Gasteiger partial charge in [0.1, 0.15) is 0 Å². The Bertz CT molecular complexity index is 804. The van der Waals surface area contributed by atoms with Crippen molar-refractivity contribution in [2.24, 2.45) is 0 Å². The monoisotopic (exact) mass is 324 g/mol. The molecule has 5 nitrogen and oxygen atoms in total. The normalized spacial score (nSPS) is 11.0. The maximum atomic E-state index is 11.8. The van der Waals surface area contributed by atoms with Crippen molar-refractivity contribution in [3.8, 4) is 5.69 Å². The number of benzene rings is 1. The number of hydrogen-bond donors (Lipinski definition) is 1. The van der Waals surface area contributed by atoms with Crippen molar-refractivity contribution in [2.75, 3.05) is 0 Å². The first-order valence-corrected chi connectivity index (χ1v) is 8.06. The molecule has 2 heterocycles. The van der Waals surface area contributed by atoms with Crippen LogP contribution in [0.2, 0.25) is 0 Å². The predicted octanol–water partition coefficient (Wildman–Crippen LogP) is 2.97. The van der Waals surface area contributed by atoms with Gasteiger partial charge in [-0.25, -0.2) is 9.67 Å². The maximum Gasteiger partial charge on any atom is 0.244 e. The van der Waals surface area contributed by atoms with Crippen LogP contribution in [0.4, 0.5) is 0 Å². The number of hydrogen-bond acceptors (Lipinski definition) is 4. The summed E-state index contributed by atoms with van der Waals surface area (Å²) >= 11 is 1.57. The number of aryl methyl sites for hydroxylation is 1. The van der Waals surface area contributed by atoms with E-state index in [-0.39, 0.29) is 5.91 Å². The number of carbonyl (C=O) groups is 1. The molecule has 0 aliphatic carbocycles. The molecule has 1 aromatic carbocycles. The van der Waals surface area contributed by atoms with Crippen LogP contribution in [0.25, 0.3) is 11.8 Å². The van der Waals surface area contributed by atoms with Gasteiger partial charge in [-0.05, 0) is 36.8 Å². The van der Waals surface area contributed by atoms with Gasteiger partial charge >= 0.3 is 0 Å². The Kier molecular flexibility index (Phi) is 4.63. The van der Waals surface area contributed by atoms with E-state index in [1.807, 2.05) is 48.8 Å². The number of aromatic nitrogens is 3. The SMILES string of the molecule is Cc1nc(/C=C/C(=O)NCc2ccc(-n3cccn3)cc2)cs1. The van der Waals surface area contributed by atoms with Crippen LogP contribution in [-0.2, 0) is 11.3 Å². The topological polar surface area (TPSA) is 59.8 Å². The predicted molar refractivity (Wildman–Crippen MR) is 91.3 cm³/mol. The Balaban J connectivity index is 1.53. The summed E-state index contributed by atoms with van der Waals surface area (Å²) in [5.74, 6) is -0.133. The fourth-order valence-electron chi connectivity index (χ4n) is 2.05. The first-order valence-electron chi connectivity index (χ1n) is 7.18. The maximum absolute atomic E-state index is 11.8. The highest BCUT2D eigenvalue weighted by Crippen LogP contribution is 2.10. The van der Waals surface area contributed by atoms with Crippen molar-refractivity contribution in [1.29, 1.82) is 0 Å². The van der Waals surface area contributed by atoms with Crippen molar-refractivity contribution in [2.45, 2.75) is 13.5 Å². The van der Waals surface area contributed by atoms with Crippen molar-refractivity contribution >= 4 is 23.3 Å². The van der Waals surface area contributed by atoms with Gasteiger partial charge in [0, 0.05) is 30.4 Å². The van der Waals surface area contributed by atoms with Gasteiger partial charge in [-0.15, -0.1) is 11.3 Å². The van der Waals surface area contributed by atoms with Crippen LogP contribution in [0, 0.1) is 6.92 Å². The molecular formula is C17H16N4OS. The average Bonchev–Trinajstić information content (AvgIpc) is 3.23. The van der Waals surface area contributed by atoms with Gasteiger partial charge < -0.3 is 5.32 Å². The van der Waals surface area contributed by atoms with Crippen LogP contribution in [0.3, 0.4) is 0 Å². The Morgan fingerprint density at radius 1 is 1.35 bits per heavy atom. The minimum absolute atomic E-state index is 0.133. The number of amides is 1. The lowest BCUT2D eigenvalue weighted by Gasteiger charge is -2.05. The molecule has 0 saturated carbocycles. The highest BCUT2D eigenvalue weighted by molar-refractivity contribution is 7.09. The van der Waals surface area contributed by atoms with E-state index in [1.165, 1.54) is 6.08 Å². The van der Waals surface area contributed by atoms with E-state index in [4.69, 9.17) is 0 Å². The lowest BCUT2D eigenvalue weighted by molar-refractivity contribution is -0.116. The second kappa shape index (κ2) is 7.02.